The molecule has 1 heterocycles. The van der Waals surface area contributed by atoms with Gasteiger partial charge < -0.3 is 9.47 Å². The summed E-state index contributed by atoms with van der Waals surface area (Å²) in [5.41, 5.74) is 9.34. The zero-order valence-corrected chi connectivity index (χ0v) is 23.1. The summed E-state index contributed by atoms with van der Waals surface area (Å²) < 4.78 is 2.40. The van der Waals surface area contributed by atoms with Crippen LogP contribution in [0.2, 0.25) is 0 Å². The number of hydrogen-bond donors (Lipinski definition) is 0. The number of aromatic nitrogens is 1. The Labute approximate surface area is 245 Å². The fourth-order valence-electron chi connectivity index (χ4n) is 6.30. The van der Waals surface area contributed by atoms with Crippen molar-refractivity contribution < 1.29 is 0 Å². The lowest BCUT2D eigenvalue weighted by Gasteiger charge is -2.28. The molecule has 0 spiro atoms. The van der Waals surface area contributed by atoms with E-state index in [0.717, 1.165) is 22.7 Å². The molecule has 0 N–H and O–H groups in total. The standard InChI is InChI=1S/C40H28N2/c1-4-17-30(18-5-1)41(31-19-6-2-7-20-31)39-28-37-35-24-12-13-26-38(35)42(32-21-8-3-9-22-32)40(37)27-36(39)34-25-14-16-29-15-10-11-23-33(29)34/h1-28H. The second kappa shape index (κ2) is 10.1. The molecule has 8 rings (SSSR count). The molecule has 0 fully saturated rings. The largest absolute Gasteiger partial charge is 0.310 e. The van der Waals surface area contributed by atoms with Gasteiger partial charge in [-0.05, 0) is 70.9 Å². The highest BCUT2D eigenvalue weighted by atomic mass is 15.1. The van der Waals surface area contributed by atoms with Crippen LogP contribution < -0.4 is 4.90 Å². The first-order valence-corrected chi connectivity index (χ1v) is 14.4. The molecule has 0 aliphatic heterocycles. The second-order valence-corrected chi connectivity index (χ2v) is 10.6. The molecule has 7 aromatic carbocycles. The van der Waals surface area contributed by atoms with Gasteiger partial charge in [-0.25, -0.2) is 0 Å². The predicted molar refractivity (Wildman–Crippen MR) is 178 cm³/mol. The molecule has 42 heavy (non-hydrogen) atoms. The van der Waals surface area contributed by atoms with Crippen molar-refractivity contribution in [2.24, 2.45) is 0 Å². The fraction of sp³-hybridized carbons (Fsp3) is 0. The van der Waals surface area contributed by atoms with Crippen LogP contribution in [-0.2, 0) is 0 Å². The lowest BCUT2D eigenvalue weighted by Crippen LogP contribution is -2.11. The molecule has 2 heteroatoms. The summed E-state index contributed by atoms with van der Waals surface area (Å²) in [5, 5.41) is 4.94. The van der Waals surface area contributed by atoms with Crippen LogP contribution in [0, 0.1) is 0 Å². The van der Waals surface area contributed by atoms with Gasteiger partial charge >= 0.3 is 0 Å². The van der Waals surface area contributed by atoms with Crippen molar-refractivity contribution in [1.82, 2.24) is 4.57 Å². The maximum atomic E-state index is 2.40. The quantitative estimate of drug-likeness (QED) is 0.212. The van der Waals surface area contributed by atoms with Gasteiger partial charge in [-0.15, -0.1) is 0 Å². The Hall–Kier alpha value is -5.60. The predicted octanol–water partition coefficient (Wildman–Crippen LogP) is 11.1. The highest BCUT2D eigenvalue weighted by Gasteiger charge is 2.22. The van der Waals surface area contributed by atoms with E-state index in [4.69, 9.17) is 0 Å². The van der Waals surface area contributed by atoms with Gasteiger partial charge in [0.15, 0.2) is 0 Å². The summed E-state index contributed by atoms with van der Waals surface area (Å²) in [5.74, 6) is 0. The average molecular weight is 537 g/mol. The minimum Gasteiger partial charge on any atom is -0.310 e. The van der Waals surface area contributed by atoms with Gasteiger partial charge in [0.1, 0.15) is 0 Å². The molecule has 8 aromatic rings. The highest BCUT2D eigenvalue weighted by Crippen LogP contribution is 2.46. The van der Waals surface area contributed by atoms with Gasteiger partial charge in [-0.1, -0.05) is 115 Å². The van der Waals surface area contributed by atoms with Crippen LogP contribution in [0.1, 0.15) is 0 Å². The molecule has 0 aliphatic rings. The molecule has 0 saturated carbocycles. The van der Waals surface area contributed by atoms with Crippen LogP contribution in [0.15, 0.2) is 170 Å². The van der Waals surface area contributed by atoms with Crippen molar-refractivity contribution in [2.75, 3.05) is 4.90 Å². The molecule has 2 nitrogen and oxygen atoms in total. The Balaban J connectivity index is 1.54. The molecule has 1 aromatic heterocycles. The molecule has 0 radical (unpaired) electrons. The first-order valence-electron chi connectivity index (χ1n) is 14.4. The third kappa shape index (κ3) is 3.96. The van der Waals surface area contributed by atoms with Crippen LogP contribution in [0.25, 0.3) is 49.4 Å². The molecule has 0 aliphatic carbocycles. The number of fused-ring (bicyclic) bond motifs is 4. The number of hydrogen-bond acceptors (Lipinski definition) is 1. The number of para-hydroxylation sites is 4. The van der Waals surface area contributed by atoms with E-state index in [9.17, 15) is 0 Å². The normalized spacial score (nSPS) is 11.3. The third-order valence-corrected chi connectivity index (χ3v) is 8.15. The number of benzene rings is 7. The number of nitrogens with zero attached hydrogens (tertiary/aromatic N) is 2. The van der Waals surface area contributed by atoms with E-state index in [1.165, 1.54) is 43.7 Å². The van der Waals surface area contributed by atoms with Crippen LogP contribution in [0.5, 0.6) is 0 Å². The number of anilines is 3. The van der Waals surface area contributed by atoms with E-state index < -0.39 is 0 Å². The zero-order valence-electron chi connectivity index (χ0n) is 23.1. The minimum absolute atomic E-state index is 1.12. The summed E-state index contributed by atoms with van der Waals surface area (Å²) in [7, 11) is 0. The van der Waals surface area contributed by atoms with Crippen molar-refractivity contribution in [3.05, 3.63) is 170 Å². The molecule has 0 unspecified atom stereocenters. The van der Waals surface area contributed by atoms with Gasteiger partial charge in [0.25, 0.3) is 0 Å². The minimum atomic E-state index is 1.12. The van der Waals surface area contributed by atoms with Gasteiger partial charge in [0.2, 0.25) is 0 Å². The van der Waals surface area contributed by atoms with Crippen molar-refractivity contribution in [2.45, 2.75) is 0 Å². The van der Waals surface area contributed by atoms with Crippen molar-refractivity contribution in [3.8, 4) is 16.8 Å². The topological polar surface area (TPSA) is 8.17 Å². The molecule has 0 amide bonds. The monoisotopic (exact) mass is 536 g/mol. The highest BCUT2D eigenvalue weighted by molar-refractivity contribution is 6.14. The summed E-state index contributed by atoms with van der Waals surface area (Å²) in [4.78, 5) is 2.39. The Bertz CT molecular complexity index is 2130. The summed E-state index contributed by atoms with van der Waals surface area (Å²) in [6, 6.07) is 60.9. The van der Waals surface area contributed by atoms with Gasteiger partial charge in [0.05, 0.1) is 16.7 Å². The molecular formula is C40H28N2. The Morgan fingerprint density at radius 1 is 0.381 bits per heavy atom. The second-order valence-electron chi connectivity index (χ2n) is 10.6. The Kier molecular flexibility index (Phi) is 5.82. The summed E-state index contributed by atoms with van der Waals surface area (Å²) in [6.45, 7) is 0. The van der Waals surface area contributed by atoms with Crippen molar-refractivity contribution in [1.29, 1.82) is 0 Å². The molecule has 0 saturated heterocycles. The first-order chi connectivity index (χ1) is 20.9. The lowest BCUT2D eigenvalue weighted by atomic mass is 9.94. The van der Waals surface area contributed by atoms with Crippen molar-refractivity contribution in [3.63, 3.8) is 0 Å². The van der Waals surface area contributed by atoms with Crippen LogP contribution in [0.3, 0.4) is 0 Å². The third-order valence-electron chi connectivity index (χ3n) is 8.15. The smallest absolute Gasteiger partial charge is 0.0548 e. The van der Waals surface area contributed by atoms with E-state index in [0.29, 0.717) is 0 Å². The fourth-order valence-corrected chi connectivity index (χ4v) is 6.30. The van der Waals surface area contributed by atoms with E-state index in [1.807, 2.05) is 0 Å². The maximum absolute atomic E-state index is 2.40. The average Bonchev–Trinajstić information content (AvgIpc) is 3.39. The van der Waals surface area contributed by atoms with Gasteiger partial charge in [-0.3, -0.25) is 0 Å². The van der Waals surface area contributed by atoms with E-state index in [-0.39, 0.29) is 0 Å². The van der Waals surface area contributed by atoms with Crippen LogP contribution in [-0.4, -0.2) is 4.57 Å². The van der Waals surface area contributed by atoms with E-state index in [1.54, 1.807) is 0 Å². The number of rotatable bonds is 5. The Morgan fingerprint density at radius 3 is 1.67 bits per heavy atom. The zero-order chi connectivity index (χ0) is 27.9. The SMILES string of the molecule is c1ccc(N(c2ccccc2)c2cc3c4ccccc4n(-c4ccccc4)c3cc2-c2cccc3ccccc23)cc1. The molecular weight excluding hydrogens is 508 g/mol. The molecule has 0 bridgehead atoms. The van der Waals surface area contributed by atoms with Gasteiger partial charge in [-0.2, -0.15) is 0 Å². The van der Waals surface area contributed by atoms with Crippen LogP contribution in [0.4, 0.5) is 17.1 Å². The maximum Gasteiger partial charge on any atom is 0.0548 e. The van der Waals surface area contributed by atoms with E-state index >= 15 is 0 Å². The van der Waals surface area contributed by atoms with Crippen LogP contribution >= 0.6 is 0 Å². The lowest BCUT2D eigenvalue weighted by molar-refractivity contribution is 1.18. The summed E-state index contributed by atoms with van der Waals surface area (Å²) >= 11 is 0. The summed E-state index contributed by atoms with van der Waals surface area (Å²) in [6.07, 6.45) is 0. The molecule has 0 atom stereocenters. The van der Waals surface area contributed by atoms with E-state index in [2.05, 4.69) is 179 Å². The Morgan fingerprint density at radius 2 is 0.952 bits per heavy atom. The first kappa shape index (κ1) is 24.2. The molecule has 198 valence electrons. The van der Waals surface area contributed by atoms with Crippen molar-refractivity contribution >= 4 is 49.6 Å². The van der Waals surface area contributed by atoms with Gasteiger partial charge in [0, 0.05) is 33.4 Å².